The number of aliphatic hydroxyl groups is 2. The van der Waals surface area contributed by atoms with Gasteiger partial charge in [-0.3, -0.25) is 5.10 Å². The maximum absolute atomic E-state index is 10.9. The van der Waals surface area contributed by atoms with Crippen LogP contribution in [0.1, 0.15) is 29.3 Å². The summed E-state index contributed by atoms with van der Waals surface area (Å²) in [4.78, 5) is 8.66. The molecule has 1 aliphatic heterocycles. The number of aliphatic hydroxyl groups excluding tert-OH is 2. The van der Waals surface area contributed by atoms with Crippen molar-refractivity contribution in [1.29, 1.82) is 0 Å². The van der Waals surface area contributed by atoms with Gasteiger partial charge >= 0.3 is 0 Å². The number of benzene rings is 1. The molecule has 2 aliphatic rings. The van der Waals surface area contributed by atoms with Crippen molar-refractivity contribution < 1.29 is 14.9 Å². The monoisotopic (exact) mass is 446 g/mol. The molecule has 9 nitrogen and oxygen atoms in total. The van der Waals surface area contributed by atoms with E-state index in [9.17, 15) is 10.2 Å². The topological polar surface area (TPSA) is 121 Å². The molecule has 0 bridgehead atoms. The number of nitrogens with zero attached hydrogens (tertiary/aromatic N) is 4. The van der Waals surface area contributed by atoms with Gasteiger partial charge in [0.1, 0.15) is 36.0 Å². The molecule has 4 heterocycles. The summed E-state index contributed by atoms with van der Waals surface area (Å²) >= 11 is 0. The van der Waals surface area contributed by atoms with Crippen molar-refractivity contribution in [3.8, 4) is 16.9 Å². The second kappa shape index (κ2) is 7.95. The zero-order valence-electron chi connectivity index (χ0n) is 18.3. The summed E-state index contributed by atoms with van der Waals surface area (Å²) < 4.78 is 8.36. The Balaban J connectivity index is 1.33. The molecule has 170 valence electrons. The fraction of sp³-hybridized carbons (Fsp3) is 0.375. The molecule has 3 aromatic heterocycles. The first-order valence-electron chi connectivity index (χ1n) is 11.3. The minimum atomic E-state index is -1.01. The second-order valence-corrected chi connectivity index (χ2v) is 8.89. The molecule has 1 aromatic carbocycles. The molecular weight excluding hydrogens is 420 g/mol. The van der Waals surface area contributed by atoms with E-state index in [1.165, 1.54) is 11.9 Å². The number of ether oxygens (including phenoxy) is 1. The normalized spacial score (nSPS) is 24.8. The average Bonchev–Trinajstić information content (AvgIpc) is 3.56. The van der Waals surface area contributed by atoms with Crippen molar-refractivity contribution in [2.24, 2.45) is 0 Å². The molecule has 1 fully saturated rings. The molecule has 4 atom stereocenters. The molecule has 2 unspecified atom stereocenters. The maximum atomic E-state index is 10.9. The number of hydrogen-bond donors (Lipinski definition) is 4. The molecule has 1 aliphatic carbocycles. The molecule has 33 heavy (non-hydrogen) atoms. The van der Waals surface area contributed by atoms with Crippen LogP contribution in [-0.2, 0) is 13.0 Å². The van der Waals surface area contributed by atoms with Gasteiger partial charge in [0, 0.05) is 41.9 Å². The first kappa shape index (κ1) is 20.3. The SMILES string of the molecule is Cc1ncnc2c1ccn2C1CC(Oc2cc(-c3cn[nH]c3)cc3c2CNCC3)[C@@H](O)[C@H]1O. The number of aromatic amines is 1. The quantitative estimate of drug-likeness (QED) is 0.378. The van der Waals surface area contributed by atoms with E-state index in [2.05, 4.69) is 31.5 Å². The van der Waals surface area contributed by atoms with Crippen LogP contribution in [-0.4, -0.2) is 59.8 Å². The van der Waals surface area contributed by atoms with Gasteiger partial charge in [0.05, 0.1) is 17.9 Å². The fourth-order valence-electron chi connectivity index (χ4n) is 5.13. The number of hydrogen-bond acceptors (Lipinski definition) is 7. The van der Waals surface area contributed by atoms with E-state index in [1.54, 1.807) is 6.20 Å². The number of aryl methyl sites for hydroxylation is 1. The van der Waals surface area contributed by atoms with Gasteiger partial charge in [-0.25, -0.2) is 9.97 Å². The standard InChI is InChI=1S/C24H26N6O3/c1-13-17-3-5-30(24(17)27-12-26-13)19-8-21(23(32)22(19)31)33-20-7-15(16-9-28-29-10-16)6-14-2-4-25-11-18(14)20/h3,5-7,9-10,12,19,21-23,25,31-32H,2,4,8,11H2,1H3,(H,28,29)/t19?,21?,22-,23+/m0/s1. The lowest BCUT2D eigenvalue weighted by molar-refractivity contribution is -0.0166. The molecule has 0 radical (unpaired) electrons. The van der Waals surface area contributed by atoms with Crippen LogP contribution in [0.3, 0.4) is 0 Å². The third-order valence-electron chi connectivity index (χ3n) is 6.95. The minimum absolute atomic E-state index is 0.345. The van der Waals surface area contributed by atoms with Gasteiger partial charge in [-0.2, -0.15) is 5.10 Å². The summed E-state index contributed by atoms with van der Waals surface area (Å²) in [6.45, 7) is 3.56. The Morgan fingerprint density at radius 3 is 2.91 bits per heavy atom. The molecule has 9 heteroatoms. The van der Waals surface area contributed by atoms with Crippen LogP contribution >= 0.6 is 0 Å². The second-order valence-electron chi connectivity index (χ2n) is 8.89. The summed E-state index contributed by atoms with van der Waals surface area (Å²) in [5.41, 5.74) is 5.98. The summed E-state index contributed by atoms with van der Waals surface area (Å²) in [7, 11) is 0. The molecule has 4 N–H and O–H groups in total. The highest BCUT2D eigenvalue weighted by Gasteiger charge is 2.44. The van der Waals surface area contributed by atoms with Gasteiger partial charge in [0.15, 0.2) is 0 Å². The molecular formula is C24H26N6O3. The zero-order chi connectivity index (χ0) is 22.5. The van der Waals surface area contributed by atoms with Gasteiger partial charge < -0.3 is 24.8 Å². The van der Waals surface area contributed by atoms with Crippen LogP contribution < -0.4 is 10.1 Å². The number of nitrogens with one attached hydrogen (secondary N) is 2. The van der Waals surface area contributed by atoms with E-state index in [-0.39, 0.29) is 6.04 Å². The highest BCUT2D eigenvalue weighted by molar-refractivity contribution is 5.78. The van der Waals surface area contributed by atoms with E-state index in [0.717, 1.165) is 52.1 Å². The predicted molar refractivity (Wildman–Crippen MR) is 122 cm³/mol. The van der Waals surface area contributed by atoms with Crippen LogP contribution in [0.15, 0.2) is 43.1 Å². The molecule has 4 aromatic rings. The van der Waals surface area contributed by atoms with E-state index in [1.807, 2.05) is 36.0 Å². The van der Waals surface area contributed by atoms with E-state index >= 15 is 0 Å². The van der Waals surface area contributed by atoms with Crippen molar-refractivity contribution in [1.82, 2.24) is 30.0 Å². The van der Waals surface area contributed by atoms with Crippen molar-refractivity contribution in [2.45, 2.75) is 50.7 Å². The Bertz CT molecular complexity index is 1300. The van der Waals surface area contributed by atoms with Gasteiger partial charge in [0.2, 0.25) is 0 Å². The van der Waals surface area contributed by atoms with Crippen molar-refractivity contribution in [2.75, 3.05) is 6.54 Å². The van der Waals surface area contributed by atoms with Crippen LogP contribution in [0.5, 0.6) is 5.75 Å². The number of rotatable bonds is 4. The Morgan fingerprint density at radius 2 is 2.06 bits per heavy atom. The van der Waals surface area contributed by atoms with Gasteiger partial charge in [-0.1, -0.05) is 6.07 Å². The summed E-state index contributed by atoms with van der Waals surface area (Å²) in [6, 6.07) is 5.80. The maximum Gasteiger partial charge on any atom is 0.143 e. The van der Waals surface area contributed by atoms with Crippen LogP contribution in [0, 0.1) is 6.92 Å². The number of aromatic nitrogens is 5. The molecule has 0 amide bonds. The summed E-state index contributed by atoms with van der Waals surface area (Å²) in [6.07, 6.45) is 5.93. The van der Waals surface area contributed by atoms with Crippen molar-refractivity contribution >= 4 is 11.0 Å². The predicted octanol–water partition coefficient (Wildman–Crippen LogP) is 1.89. The van der Waals surface area contributed by atoms with Gasteiger partial charge in [-0.15, -0.1) is 0 Å². The fourth-order valence-corrected chi connectivity index (χ4v) is 5.13. The summed E-state index contributed by atoms with van der Waals surface area (Å²) in [5, 5.41) is 33.1. The lowest BCUT2D eigenvalue weighted by Crippen LogP contribution is -2.34. The lowest BCUT2D eigenvalue weighted by atomic mass is 9.95. The molecule has 1 saturated carbocycles. The summed E-state index contributed by atoms with van der Waals surface area (Å²) in [5.74, 6) is 0.739. The smallest absolute Gasteiger partial charge is 0.143 e. The van der Waals surface area contributed by atoms with E-state index in [0.29, 0.717) is 13.0 Å². The minimum Gasteiger partial charge on any atom is -0.487 e. The first-order chi connectivity index (χ1) is 16.1. The number of fused-ring (bicyclic) bond motifs is 2. The highest BCUT2D eigenvalue weighted by Crippen LogP contribution is 2.39. The van der Waals surface area contributed by atoms with Crippen molar-refractivity contribution in [3.63, 3.8) is 0 Å². The van der Waals surface area contributed by atoms with Gasteiger partial charge in [-0.05, 0) is 43.1 Å². The van der Waals surface area contributed by atoms with E-state index < -0.39 is 18.3 Å². The first-order valence-corrected chi connectivity index (χ1v) is 11.3. The molecule has 6 rings (SSSR count). The average molecular weight is 447 g/mol. The van der Waals surface area contributed by atoms with E-state index in [4.69, 9.17) is 4.74 Å². The zero-order valence-corrected chi connectivity index (χ0v) is 18.3. The third-order valence-corrected chi connectivity index (χ3v) is 6.95. The highest BCUT2D eigenvalue weighted by atomic mass is 16.5. The Labute approximate surface area is 190 Å². The molecule has 0 saturated heterocycles. The Kier molecular flexibility index (Phi) is 4.90. The Hall–Kier alpha value is -3.27. The van der Waals surface area contributed by atoms with Crippen LogP contribution in [0.25, 0.3) is 22.2 Å². The molecule has 0 spiro atoms. The van der Waals surface area contributed by atoms with Crippen LogP contribution in [0.4, 0.5) is 0 Å². The largest absolute Gasteiger partial charge is 0.487 e. The lowest BCUT2D eigenvalue weighted by Gasteiger charge is -2.25. The Morgan fingerprint density at radius 1 is 1.15 bits per heavy atom. The van der Waals surface area contributed by atoms with Gasteiger partial charge in [0.25, 0.3) is 0 Å². The van der Waals surface area contributed by atoms with Crippen molar-refractivity contribution in [3.05, 3.63) is 59.9 Å². The number of H-pyrrole nitrogens is 1. The third kappa shape index (κ3) is 3.40. The van der Waals surface area contributed by atoms with Crippen LogP contribution in [0.2, 0.25) is 0 Å².